The SMILES string of the molecule is CCOc1ccccc1CCC(=O)NCc1ccc(COCC(F)(F)F)cc1. The molecule has 28 heavy (non-hydrogen) atoms. The summed E-state index contributed by atoms with van der Waals surface area (Å²) in [5.74, 6) is 0.713. The maximum absolute atomic E-state index is 12.1. The molecule has 2 rings (SSSR count). The monoisotopic (exact) mass is 395 g/mol. The number of carbonyl (C=O) groups is 1. The average molecular weight is 395 g/mol. The van der Waals surface area contributed by atoms with E-state index in [1.165, 1.54) is 0 Å². The highest BCUT2D eigenvalue weighted by molar-refractivity contribution is 5.76. The Morgan fingerprint density at radius 3 is 2.39 bits per heavy atom. The Kier molecular flexibility index (Phi) is 8.32. The van der Waals surface area contributed by atoms with Gasteiger partial charge in [-0.3, -0.25) is 4.79 Å². The van der Waals surface area contributed by atoms with Crippen molar-refractivity contribution in [3.8, 4) is 5.75 Å². The number of ether oxygens (including phenoxy) is 2. The molecule has 0 saturated carbocycles. The molecule has 2 aromatic rings. The lowest BCUT2D eigenvalue weighted by molar-refractivity contribution is -0.176. The van der Waals surface area contributed by atoms with Gasteiger partial charge in [-0.05, 0) is 36.1 Å². The summed E-state index contributed by atoms with van der Waals surface area (Å²) in [6.07, 6.45) is -3.40. The van der Waals surface area contributed by atoms with E-state index in [0.717, 1.165) is 16.9 Å². The number of para-hydroxylation sites is 1. The van der Waals surface area contributed by atoms with Gasteiger partial charge in [0.2, 0.25) is 5.91 Å². The smallest absolute Gasteiger partial charge is 0.411 e. The summed E-state index contributed by atoms with van der Waals surface area (Å²) in [6.45, 7) is 1.47. The largest absolute Gasteiger partial charge is 0.494 e. The fourth-order valence-corrected chi connectivity index (χ4v) is 2.58. The molecule has 4 nitrogen and oxygen atoms in total. The Balaban J connectivity index is 1.74. The summed E-state index contributed by atoms with van der Waals surface area (Å²) in [7, 11) is 0. The van der Waals surface area contributed by atoms with Crippen molar-refractivity contribution in [2.24, 2.45) is 0 Å². The van der Waals surface area contributed by atoms with E-state index in [0.29, 0.717) is 31.6 Å². The number of carbonyl (C=O) groups excluding carboxylic acids is 1. The predicted octanol–water partition coefficient (Wildman–Crippen LogP) is 4.41. The molecule has 0 unspecified atom stereocenters. The minimum atomic E-state index is -4.33. The van der Waals surface area contributed by atoms with E-state index < -0.39 is 12.8 Å². The number of amides is 1. The van der Waals surface area contributed by atoms with Gasteiger partial charge >= 0.3 is 6.18 Å². The summed E-state index contributed by atoms with van der Waals surface area (Å²) in [5.41, 5.74) is 2.50. The van der Waals surface area contributed by atoms with Crippen LogP contribution in [0.3, 0.4) is 0 Å². The first kappa shape index (κ1) is 21.8. The van der Waals surface area contributed by atoms with Gasteiger partial charge in [0, 0.05) is 13.0 Å². The quantitative estimate of drug-likeness (QED) is 0.648. The molecular formula is C21H24F3NO3. The maximum Gasteiger partial charge on any atom is 0.411 e. The molecule has 1 amide bonds. The predicted molar refractivity (Wildman–Crippen MR) is 99.9 cm³/mol. The molecule has 0 radical (unpaired) electrons. The summed E-state index contributed by atoms with van der Waals surface area (Å²) >= 11 is 0. The van der Waals surface area contributed by atoms with E-state index in [1.54, 1.807) is 24.3 Å². The Bertz CT molecular complexity index is 745. The fourth-order valence-electron chi connectivity index (χ4n) is 2.58. The zero-order chi connectivity index (χ0) is 20.4. The zero-order valence-corrected chi connectivity index (χ0v) is 15.7. The van der Waals surface area contributed by atoms with Gasteiger partial charge in [-0.2, -0.15) is 13.2 Å². The van der Waals surface area contributed by atoms with Gasteiger partial charge in [-0.25, -0.2) is 0 Å². The molecule has 0 aliphatic carbocycles. The van der Waals surface area contributed by atoms with E-state index in [4.69, 9.17) is 4.74 Å². The lowest BCUT2D eigenvalue weighted by Gasteiger charge is -2.10. The molecule has 152 valence electrons. The number of benzene rings is 2. The highest BCUT2D eigenvalue weighted by Gasteiger charge is 2.27. The van der Waals surface area contributed by atoms with Crippen molar-refractivity contribution >= 4 is 5.91 Å². The van der Waals surface area contributed by atoms with Crippen molar-refractivity contribution in [3.05, 3.63) is 65.2 Å². The van der Waals surface area contributed by atoms with E-state index >= 15 is 0 Å². The second-order valence-corrected chi connectivity index (χ2v) is 6.24. The highest BCUT2D eigenvalue weighted by Crippen LogP contribution is 2.19. The fraction of sp³-hybridized carbons (Fsp3) is 0.381. The third-order valence-corrected chi connectivity index (χ3v) is 3.94. The molecule has 0 atom stereocenters. The van der Waals surface area contributed by atoms with Crippen LogP contribution >= 0.6 is 0 Å². The number of alkyl halides is 3. The van der Waals surface area contributed by atoms with Gasteiger partial charge in [0.25, 0.3) is 0 Å². The lowest BCUT2D eigenvalue weighted by atomic mass is 10.1. The van der Waals surface area contributed by atoms with Crippen molar-refractivity contribution in [1.82, 2.24) is 5.32 Å². The minimum Gasteiger partial charge on any atom is -0.494 e. The Morgan fingerprint density at radius 1 is 1.04 bits per heavy atom. The molecule has 7 heteroatoms. The van der Waals surface area contributed by atoms with E-state index in [9.17, 15) is 18.0 Å². The molecule has 0 fully saturated rings. The highest BCUT2D eigenvalue weighted by atomic mass is 19.4. The minimum absolute atomic E-state index is 0.0797. The van der Waals surface area contributed by atoms with Gasteiger partial charge in [0.05, 0.1) is 13.2 Å². The summed E-state index contributed by atoms with van der Waals surface area (Å²) in [5, 5.41) is 2.84. The Labute approximate surface area is 162 Å². The molecular weight excluding hydrogens is 371 g/mol. The number of hydrogen-bond donors (Lipinski definition) is 1. The van der Waals surface area contributed by atoms with Crippen molar-refractivity contribution in [1.29, 1.82) is 0 Å². The van der Waals surface area contributed by atoms with E-state index in [-0.39, 0.29) is 12.5 Å². The summed E-state index contributed by atoms with van der Waals surface area (Å²) in [4.78, 5) is 12.1. The van der Waals surface area contributed by atoms with Crippen molar-refractivity contribution in [3.63, 3.8) is 0 Å². The molecule has 0 aliphatic heterocycles. The van der Waals surface area contributed by atoms with Crippen LogP contribution in [0.5, 0.6) is 5.75 Å². The van der Waals surface area contributed by atoms with Gasteiger partial charge < -0.3 is 14.8 Å². The number of aryl methyl sites for hydroxylation is 1. The van der Waals surface area contributed by atoms with Crippen molar-refractivity contribution < 1.29 is 27.4 Å². The van der Waals surface area contributed by atoms with Crippen LogP contribution in [0.2, 0.25) is 0 Å². The third kappa shape index (κ3) is 8.00. The van der Waals surface area contributed by atoms with E-state index in [1.807, 2.05) is 31.2 Å². The first-order valence-electron chi connectivity index (χ1n) is 9.07. The van der Waals surface area contributed by atoms with Crippen molar-refractivity contribution in [2.75, 3.05) is 13.2 Å². The number of rotatable bonds is 10. The zero-order valence-electron chi connectivity index (χ0n) is 15.7. The van der Waals surface area contributed by atoms with Gasteiger partial charge in [-0.1, -0.05) is 42.5 Å². The van der Waals surface area contributed by atoms with Gasteiger partial charge in [-0.15, -0.1) is 0 Å². The van der Waals surface area contributed by atoms with Crippen LogP contribution in [-0.4, -0.2) is 25.3 Å². The third-order valence-electron chi connectivity index (χ3n) is 3.94. The standard InChI is InChI=1S/C21H24F3NO3/c1-2-28-19-6-4-3-5-18(19)11-12-20(26)25-13-16-7-9-17(10-8-16)14-27-15-21(22,23)24/h3-10H,2,11-15H2,1H3,(H,25,26). The first-order valence-corrected chi connectivity index (χ1v) is 9.07. The van der Waals surface area contributed by atoms with Crippen LogP contribution in [0.25, 0.3) is 0 Å². The van der Waals surface area contributed by atoms with Crippen LogP contribution < -0.4 is 10.1 Å². The number of halogens is 3. The van der Waals surface area contributed by atoms with Crippen LogP contribution in [0, 0.1) is 0 Å². The van der Waals surface area contributed by atoms with Crippen molar-refractivity contribution in [2.45, 2.75) is 39.1 Å². The van der Waals surface area contributed by atoms with Crippen LogP contribution in [-0.2, 0) is 29.1 Å². The second kappa shape index (κ2) is 10.7. The second-order valence-electron chi connectivity index (χ2n) is 6.24. The first-order chi connectivity index (χ1) is 13.4. The average Bonchev–Trinajstić information content (AvgIpc) is 2.66. The summed E-state index contributed by atoms with van der Waals surface area (Å²) in [6, 6.07) is 14.5. The Hall–Kier alpha value is -2.54. The lowest BCUT2D eigenvalue weighted by Crippen LogP contribution is -2.23. The molecule has 0 saturated heterocycles. The number of nitrogens with one attached hydrogen (secondary N) is 1. The molecule has 2 aromatic carbocycles. The molecule has 0 heterocycles. The topological polar surface area (TPSA) is 47.6 Å². The molecule has 1 N–H and O–H groups in total. The normalized spacial score (nSPS) is 11.3. The molecule has 0 aliphatic rings. The van der Waals surface area contributed by atoms with Crippen LogP contribution in [0.4, 0.5) is 13.2 Å². The molecule has 0 spiro atoms. The van der Waals surface area contributed by atoms with Crippen LogP contribution in [0.1, 0.15) is 30.0 Å². The van der Waals surface area contributed by atoms with Gasteiger partial charge in [0.15, 0.2) is 0 Å². The van der Waals surface area contributed by atoms with Crippen LogP contribution in [0.15, 0.2) is 48.5 Å². The molecule has 0 bridgehead atoms. The Morgan fingerprint density at radius 2 is 1.71 bits per heavy atom. The number of hydrogen-bond acceptors (Lipinski definition) is 3. The maximum atomic E-state index is 12.1. The molecule has 0 aromatic heterocycles. The van der Waals surface area contributed by atoms with E-state index in [2.05, 4.69) is 10.1 Å². The van der Waals surface area contributed by atoms with Gasteiger partial charge in [0.1, 0.15) is 12.4 Å². The summed E-state index contributed by atoms with van der Waals surface area (Å²) < 4.78 is 46.3.